The Morgan fingerprint density at radius 2 is 2.10 bits per heavy atom. The number of aliphatic hydroxyl groups is 1. The van der Waals surface area contributed by atoms with E-state index in [1.54, 1.807) is 11.6 Å². The Hall–Kier alpha value is -2.21. The van der Waals surface area contributed by atoms with Crippen LogP contribution in [0, 0.1) is 0 Å². The van der Waals surface area contributed by atoms with Gasteiger partial charge in [-0.25, -0.2) is 9.48 Å². The molecule has 0 saturated heterocycles. The lowest BCUT2D eigenvalue weighted by Gasteiger charge is -2.07. The van der Waals surface area contributed by atoms with Gasteiger partial charge in [0.05, 0.1) is 6.61 Å². The van der Waals surface area contributed by atoms with Crippen LogP contribution in [0.5, 0.6) is 0 Å². The van der Waals surface area contributed by atoms with Gasteiger partial charge in [0, 0.05) is 18.7 Å². The maximum atomic E-state index is 11.9. The number of esters is 1. The number of hydrogen-bond acceptors (Lipinski definition) is 5. The summed E-state index contributed by atoms with van der Waals surface area (Å²) >= 11 is 0. The summed E-state index contributed by atoms with van der Waals surface area (Å²) in [6.45, 7) is 2.59. The minimum atomic E-state index is -0.485. The Morgan fingerprint density at radius 3 is 2.75 bits per heavy atom. The summed E-state index contributed by atoms with van der Waals surface area (Å²) in [6.07, 6.45) is 0.547. The summed E-state index contributed by atoms with van der Waals surface area (Å²) < 4.78 is 6.63. The van der Waals surface area contributed by atoms with Gasteiger partial charge in [-0.2, -0.15) is 0 Å². The van der Waals surface area contributed by atoms with E-state index in [0.29, 0.717) is 18.7 Å². The molecule has 0 aliphatic heterocycles. The Labute approximate surface area is 117 Å². The van der Waals surface area contributed by atoms with Crippen molar-refractivity contribution in [2.45, 2.75) is 19.9 Å². The molecule has 0 atom stereocenters. The first kappa shape index (κ1) is 14.2. The predicted molar refractivity (Wildman–Crippen MR) is 73.1 cm³/mol. The number of benzene rings is 1. The van der Waals surface area contributed by atoms with E-state index in [1.807, 2.05) is 30.3 Å². The van der Waals surface area contributed by atoms with Gasteiger partial charge in [-0.15, -0.1) is 5.10 Å². The number of aryl methyl sites for hydroxylation is 1. The van der Waals surface area contributed by atoms with Gasteiger partial charge in [0.25, 0.3) is 0 Å². The third kappa shape index (κ3) is 3.03. The van der Waals surface area contributed by atoms with Crippen molar-refractivity contribution in [3.8, 4) is 11.3 Å². The molecule has 0 amide bonds. The highest BCUT2D eigenvalue weighted by Crippen LogP contribution is 2.22. The van der Waals surface area contributed by atoms with Gasteiger partial charge in [0.1, 0.15) is 5.69 Å². The van der Waals surface area contributed by atoms with Gasteiger partial charge in [-0.05, 0) is 13.3 Å². The molecule has 2 rings (SSSR count). The number of rotatable bonds is 6. The zero-order valence-corrected chi connectivity index (χ0v) is 11.3. The number of nitrogens with zero attached hydrogens (tertiary/aromatic N) is 3. The molecule has 0 aliphatic rings. The van der Waals surface area contributed by atoms with Gasteiger partial charge in [-0.3, -0.25) is 0 Å². The van der Waals surface area contributed by atoms with E-state index in [4.69, 9.17) is 9.84 Å². The van der Waals surface area contributed by atoms with Crippen molar-refractivity contribution >= 4 is 5.97 Å². The molecule has 2 aromatic rings. The molecule has 6 heteroatoms. The van der Waals surface area contributed by atoms with Crippen LogP contribution in [0.4, 0.5) is 0 Å². The second-order valence-corrected chi connectivity index (χ2v) is 4.17. The summed E-state index contributed by atoms with van der Waals surface area (Å²) in [4.78, 5) is 11.9. The van der Waals surface area contributed by atoms with Crippen LogP contribution < -0.4 is 0 Å². The number of carbonyl (C=O) groups is 1. The van der Waals surface area contributed by atoms with Crippen LogP contribution in [0.3, 0.4) is 0 Å². The van der Waals surface area contributed by atoms with E-state index in [2.05, 4.69) is 10.3 Å². The van der Waals surface area contributed by atoms with Crippen molar-refractivity contribution in [2.75, 3.05) is 13.2 Å². The van der Waals surface area contributed by atoms with Gasteiger partial charge < -0.3 is 9.84 Å². The molecule has 1 heterocycles. The lowest BCUT2D eigenvalue weighted by atomic mass is 10.1. The quantitative estimate of drug-likeness (QED) is 0.808. The van der Waals surface area contributed by atoms with Crippen molar-refractivity contribution in [3.63, 3.8) is 0 Å². The van der Waals surface area contributed by atoms with E-state index >= 15 is 0 Å². The van der Waals surface area contributed by atoms with Crippen LogP contribution in [0.25, 0.3) is 11.3 Å². The molecular formula is C14H17N3O3. The first-order chi connectivity index (χ1) is 9.77. The molecule has 1 N–H and O–H groups in total. The first-order valence-electron chi connectivity index (χ1n) is 6.54. The van der Waals surface area contributed by atoms with Gasteiger partial charge in [0.15, 0.2) is 5.69 Å². The zero-order valence-electron chi connectivity index (χ0n) is 11.3. The fourth-order valence-corrected chi connectivity index (χ4v) is 1.91. The highest BCUT2D eigenvalue weighted by Gasteiger charge is 2.21. The number of aromatic nitrogens is 3. The minimum Gasteiger partial charge on any atom is -0.461 e. The van der Waals surface area contributed by atoms with E-state index in [1.165, 1.54) is 0 Å². The number of carbonyl (C=O) groups excluding carboxylic acids is 1. The van der Waals surface area contributed by atoms with Crippen LogP contribution in [0.1, 0.15) is 23.8 Å². The van der Waals surface area contributed by atoms with E-state index in [-0.39, 0.29) is 18.9 Å². The second kappa shape index (κ2) is 6.81. The van der Waals surface area contributed by atoms with Crippen LogP contribution >= 0.6 is 0 Å². The Balaban J connectivity index is 2.43. The van der Waals surface area contributed by atoms with Crippen LogP contribution in [0.15, 0.2) is 30.3 Å². The Morgan fingerprint density at radius 1 is 1.35 bits per heavy atom. The molecule has 0 saturated carbocycles. The van der Waals surface area contributed by atoms with E-state index in [0.717, 1.165) is 5.56 Å². The molecule has 0 bridgehead atoms. The topological polar surface area (TPSA) is 77.2 Å². The fourth-order valence-electron chi connectivity index (χ4n) is 1.91. The molecule has 1 aromatic heterocycles. The monoisotopic (exact) mass is 275 g/mol. The molecule has 0 fully saturated rings. The van der Waals surface area contributed by atoms with Crippen molar-refractivity contribution in [1.82, 2.24) is 15.0 Å². The van der Waals surface area contributed by atoms with Crippen molar-refractivity contribution in [2.24, 2.45) is 0 Å². The van der Waals surface area contributed by atoms with Crippen molar-refractivity contribution in [1.29, 1.82) is 0 Å². The summed E-state index contributed by atoms with van der Waals surface area (Å²) in [7, 11) is 0. The zero-order chi connectivity index (χ0) is 14.4. The average Bonchev–Trinajstić information content (AvgIpc) is 2.90. The van der Waals surface area contributed by atoms with Crippen LogP contribution in [-0.4, -0.2) is 39.3 Å². The predicted octanol–water partition coefficient (Wildman–Crippen LogP) is 1.50. The lowest BCUT2D eigenvalue weighted by molar-refractivity contribution is 0.0520. The van der Waals surface area contributed by atoms with Crippen LogP contribution in [-0.2, 0) is 11.3 Å². The molecule has 1 aromatic carbocycles. The molecule has 6 nitrogen and oxygen atoms in total. The summed E-state index contributed by atoms with van der Waals surface area (Å²) in [5.41, 5.74) is 1.67. The first-order valence-corrected chi connectivity index (χ1v) is 6.54. The minimum absolute atomic E-state index is 0.0584. The number of ether oxygens (including phenoxy) is 1. The molecule has 0 spiro atoms. The largest absolute Gasteiger partial charge is 0.461 e. The Kier molecular flexibility index (Phi) is 4.84. The summed E-state index contributed by atoms with van der Waals surface area (Å²) in [5, 5.41) is 16.8. The maximum absolute atomic E-state index is 11.9. The third-order valence-electron chi connectivity index (χ3n) is 2.78. The third-order valence-corrected chi connectivity index (χ3v) is 2.78. The smallest absolute Gasteiger partial charge is 0.361 e. The highest BCUT2D eigenvalue weighted by molar-refractivity contribution is 5.94. The van der Waals surface area contributed by atoms with Gasteiger partial charge in [0.2, 0.25) is 0 Å². The number of aliphatic hydroxyl groups excluding tert-OH is 1. The average molecular weight is 275 g/mol. The number of hydrogen-bond donors (Lipinski definition) is 1. The molecule has 20 heavy (non-hydrogen) atoms. The van der Waals surface area contributed by atoms with Crippen molar-refractivity contribution in [3.05, 3.63) is 36.0 Å². The normalized spacial score (nSPS) is 10.5. The fraction of sp³-hybridized carbons (Fsp3) is 0.357. The van der Waals surface area contributed by atoms with Crippen molar-refractivity contribution < 1.29 is 14.6 Å². The molecule has 0 unspecified atom stereocenters. The molecular weight excluding hydrogens is 258 g/mol. The van der Waals surface area contributed by atoms with Gasteiger partial charge in [-0.1, -0.05) is 35.5 Å². The van der Waals surface area contributed by atoms with Crippen LogP contribution in [0.2, 0.25) is 0 Å². The maximum Gasteiger partial charge on any atom is 0.361 e. The molecule has 0 radical (unpaired) electrons. The Bertz CT molecular complexity index is 566. The second-order valence-electron chi connectivity index (χ2n) is 4.17. The molecule has 0 aliphatic carbocycles. The summed E-state index contributed by atoms with van der Waals surface area (Å²) in [6, 6.07) is 9.43. The summed E-state index contributed by atoms with van der Waals surface area (Å²) in [5.74, 6) is -0.485. The highest BCUT2D eigenvalue weighted by atomic mass is 16.5. The lowest BCUT2D eigenvalue weighted by Crippen LogP contribution is -2.09. The SMILES string of the molecule is CCOC(=O)c1nnn(CCCO)c1-c1ccccc1. The molecule has 106 valence electrons. The van der Waals surface area contributed by atoms with Gasteiger partial charge >= 0.3 is 5.97 Å². The van der Waals surface area contributed by atoms with E-state index < -0.39 is 5.97 Å². The standard InChI is InChI=1S/C14H17N3O3/c1-2-20-14(19)12-13(11-7-4-3-5-8-11)17(16-15-12)9-6-10-18/h3-5,7-8,18H,2,6,9-10H2,1H3. The van der Waals surface area contributed by atoms with E-state index in [9.17, 15) is 4.79 Å².